The highest BCUT2D eigenvalue weighted by molar-refractivity contribution is 5.93. The summed E-state index contributed by atoms with van der Waals surface area (Å²) in [5.74, 6) is 0.345. The van der Waals surface area contributed by atoms with Gasteiger partial charge in [-0.05, 0) is 51.3 Å². The van der Waals surface area contributed by atoms with Crippen LogP contribution in [0.5, 0.6) is 5.75 Å². The SMILES string of the molecule is COc1cccc(NC(=O)C2CCC(c3cccc(C)c3)N(C(=O)NC(C)C)C2)c1. The van der Waals surface area contributed by atoms with Gasteiger partial charge < -0.3 is 20.3 Å². The number of hydrogen-bond donors (Lipinski definition) is 2. The number of hydrogen-bond acceptors (Lipinski definition) is 3. The van der Waals surface area contributed by atoms with Gasteiger partial charge in [0.25, 0.3) is 0 Å². The zero-order valence-electron chi connectivity index (χ0n) is 18.1. The van der Waals surface area contributed by atoms with Crippen molar-refractivity contribution >= 4 is 17.6 Å². The van der Waals surface area contributed by atoms with E-state index in [0.717, 1.165) is 24.0 Å². The molecule has 1 aliphatic heterocycles. The number of benzene rings is 2. The van der Waals surface area contributed by atoms with Crippen LogP contribution in [0.4, 0.5) is 10.5 Å². The van der Waals surface area contributed by atoms with E-state index in [9.17, 15) is 9.59 Å². The molecule has 1 saturated heterocycles. The van der Waals surface area contributed by atoms with Crippen LogP contribution in [0.15, 0.2) is 48.5 Å². The van der Waals surface area contributed by atoms with Gasteiger partial charge in [0.15, 0.2) is 0 Å². The fraction of sp³-hybridized carbons (Fsp3) is 0.417. The maximum atomic E-state index is 13.0. The first-order valence-electron chi connectivity index (χ1n) is 10.5. The van der Waals surface area contributed by atoms with Crippen LogP contribution in [0.25, 0.3) is 0 Å². The number of carbonyl (C=O) groups excluding carboxylic acids is 2. The van der Waals surface area contributed by atoms with Crippen LogP contribution in [0.1, 0.15) is 43.9 Å². The second-order valence-electron chi connectivity index (χ2n) is 8.18. The third kappa shape index (κ3) is 5.32. The van der Waals surface area contributed by atoms with Crippen molar-refractivity contribution in [1.29, 1.82) is 0 Å². The number of ether oxygens (including phenoxy) is 1. The average Bonchev–Trinajstić information content (AvgIpc) is 2.73. The van der Waals surface area contributed by atoms with E-state index in [0.29, 0.717) is 18.0 Å². The Hall–Kier alpha value is -3.02. The number of nitrogens with zero attached hydrogens (tertiary/aromatic N) is 1. The van der Waals surface area contributed by atoms with Crippen LogP contribution < -0.4 is 15.4 Å². The Labute approximate surface area is 178 Å². The number of anilines is 1. The molecular weight excluding hydrogens is 378 g/mol. The molecule has 2 atom stereocenters. The molecule has 0 aliphatic carbocycles. The second kappa shape index (κ2) is 9.65. The van der Waals surface area contributed by atoms with Crippen LogP contribution in [0, 0.1) is 12.8 Å². The van der Waals surface area contributed by atoms with E-state index in [-0.39, 0.29) is 29.9 Å². The van der Waals surface area contributed by atoms with Gasteiger partial charge in [0.1, 0.15) is 5.75 Å². The van der Waals surface area contributed by atoms with Gasteiger partial charge in [-0.1, -0.05) is 35.9 Å². The van der Waals surface area contributed by atoms with Crippen molar-refractivity contribution in [3.05, 3.63) is 59.7 Å². The molecule has 160 valence electrons. The maximum absolute atomic E-state index is 13.0. The van der Waals surface area contributed by atoms with E-state index >= 15 is 0 Å². The third-order valence-electron chi connectivity index (χ3n) is 5.39. The van der Waals surface area contributed by atoms with E-state index < -0.39 is 0 Å². The zero-order chi connectivity index (χ0) is 21.7. The van der Waals surface area contributed by atoms with E-state index in [1.807, 2.05) is 43.0 Å². The van der Waals surface area contributed by atoms with Crippen molar-refractivity contribution in [1.82, 2.24) is 10.2 Å². The van der Waals surface area contributed by atoms with E-state index in [2.05, 4.69) is 35.8 Å². The van der Waals surface area contributed by atoms with Crippen LogP contribution in [0.2, 0.25) is 0 Å². The molecule has 2 N–H and O–H groups in total. The molecule has 3 amide bonds. The third-order valence-corrected chi connectivity index (χ3v) is 5.39. The highest BCUT2D eigenvalue weighted by Gasteiger charge is 2.35. The normalized spacial score (nSPS) is 18.8. The van der Waals surface area contributed by atoms with Crippen LogP contribution >= 0.6 is 0 Å². The summed E-state index contributed by atoms with van der Waals surface area (Å²) in [5, 5.41) is 5.96. The quantitative estimate of drug-likeness (QED) is 0.763. The number of nitrogens with one attached hydrogen (secondary N) is 2. The monoisotopic (exact) mass is 409 g/mol. The first-order chi connectivity index (χ1) is 14.4. The predicted molar refractivity (Wildman–Crippen MR) is 119 cm³/mol. The summed E-state index contributed by atoms with van der Waals surface area (Å²) in [7, 11) is 1.60. The summed E-state index contributed by atoms with van der Waals surface area (Å²) in [6.45, 7) is 6.31. The Balaban J connectivity index is 1.77. The molecule has 6 heteroatoms. The molecule has 2 aromatic carbocycles. The fourth-order valence-electron chi connectivity index (χ4n) is 3.91. The number of piperidine rings is 1. The smallest absolute Gasteiger partial charge is 0.318 e. The summed E-state index contributed by atoms with van der Waals surface area (Å²) in [6.07, 6.45) is 1.46. The second-order valence-corrected chi connectivity index (χ2v) is 8.18. The Morgan fingerprint density at radius 2 is 1.87 bits per heavy atom. The van der Waals surface area contributed by atoms with Gasteiger partial charge in [-0.15, -0.1) is 0 Å². The standard InChI is InChI=1S/C24H31N3O3/c1-16(2)25-24(29)27-15-19(11-12-22(27)18-8-5-7-17(3)13-18)23(28)26-20-9-6-10-21(14-20)30-4/h5-10,13-14,16,19,22H,11-12,15H2,1-4H3,(H,25,29)(H,26,28). The Bertz CT molecular complexity index is 897. The minimum absolute atomic E-state index is 0.0293. The van der Waals surface area contributed by atoms with Crippen molar-refractivity contribution in [3.8, 4) is 5.75 Å². The largest absolute Gasteiger partial charge is 0.497 e. The van der Waals surface area contributed by atoms with E-state index in [4.69, 9.17) is 4.74 Å². The molecule has 3 rings (SSSR count). The maximum Gasteiger partial charge on any atom is 0.318 e. The highest BCUT2D eigenvalue weighted by Crippen LogP contribution is 2.34. The number of amides is 3. The molecule has 2 aromatic rings. The van der Waals surface area contributed by atoms with Gasteiger partial charge in [-0.3, -0.25) is 4.79 Å². The summed E-state index contributed by atoms with van der Waals surface area (Å²) in [4.78, 5) is 27.7. The molecule has 0 saturated carbocycles. The minimum atomic E-state index is -0.268. The van der Waals surface area contributed by atoms with Gasteiger partial charge in [-0.2, -0.15) is 0 Å². The van der Waals surface area contributed by atoms with Gasteiger partial charge in [-0.25, -0.2) is 4.79 Å². The molecular formula is C24H31N3O3. The fourth-order valence-corrected chi connectivity index (χ4v) is 3.91. The molecule has 30 heavy (non-hydrogen) atoms. The first-order valence-corrected chi connectivity index (χ1v) is 10.5. The summed E-state index contributed by atoms with van der Waals surface area (Å²) in [6, 6.07) is 15.4. The minimum Gasteiger partial charge on any atom is -0.497 e. The zero-order valence-corrected chi connectivity index (χ0v) is 18.1. The molecule has 1 aliphatic rings. The van der Waals surface area contributed by atoms with Crippen molar-refractivity contribution < 1.29 is 14.3 Å². The average molecular weight is 410 g/mol. The molecule has 1 fully saturated rings. The molecule has 2 unspecified atom stereocenters. The predicted octanol–water partition coefficient (Wildman–Crippen LogP) is 4.51. The molecule has 6 nitrogen and oxygen atoms in total. The molecule has 0 spiro atoms. The molecule has 0 radical (unpaired) electrons. The summed E-state index contributed by atoms with van der Waals surface area (Å²) >= 11 is 0. The van der Waals surface area contributed by atoms with Gasteiger partial charge in [0.05, 0.1) is 19.1 Å². The Morgan fingerprint density at radius 1 is 1.10 bits per heavy atom. The number of carbonyl (C=O) groups is 2. The van der Waals surface area contributed by atoms with Crippen molar-refractivity contribution in [2.75, 3.05) is 19.0 Å². The molecule has 1 heterocycles. The van der Waals surface area contributed by atoms with Crippen LogP contribution in [0.3, 0.4) is 0 Å². The van der Waals surface area contributed by atoms with Crippen molar-refractivity contribution in [2.24, 2.45) is 5.92 Å². The van der Waals surface area contributed by atoms with Crippen molar-refractivity contribution in [2.45, 2.75) is 45.7 Å². The summed E-state index contributed by atoms with van der Waals surface area (Å²) < 4.78 is 5.23. The van der Waals surface area contributed by atoms with Gasteiger partial charge in [0.2, 0.25) is 5.91 Å². The van der Waals surface area contributed by atoms with E-state index in [1.54, 1.807) is 13.2 Å². The lowest BCUT2D eigenvalue weighted by atomic mass is 9.88. The molecule has 0 bridgehead atoms. The highest BCUT2D eigenvalue weighted by atomic mass is 16.5. The van der Waals surface area contributed by atoms with Gasteiger partial charge >= 0.3 is 6.03 Å². The first kappa shape index (κ1) is 21.7. The molecule has 0 aromatic heterocycles. The lowest BCUT2D eigenvalue weighted by molar-refractivity contribution is -0.121. The number of methoxy groups -OCH3 is 1. The number of likely N-dealkylation sites (tertiary alicyclic amines) is 1. The number of aryl methyl sites for hydroxylation is 1. The van der Waals surface area contributed by atoms with Crippen LogP contribution in [-0.2, 0) is 4.79 Å². The van der Waals surface area contributed by atoms with Crippen molar-refractivity contribution in [3.63, 3.8) is 0 Å². The topological polar surface area (TPSA) is 70.7 Å². The van der Waals surface area contributed by atoms with Gasteiger partial charge in [0, 0.05) is 24.3 Å². The van der Waals surface area contributed by atoms with E-state index in [1.165, 1.54) is 0 Å². The lowest BCUT2D eigenvalue weighted by Crippen LogP contribution is -2.50. The lowest BCUT2D eigenvalue weighted by Gasteiger charge is -2.40. The summed E-state index contributed by atoms with van der Waals surface area (Å²) in [5.41, 5.74) is 2.97. The Kier molecular flexibility index (Phi) is 6.98. The Morgan fingerprint density at radius 3 is 2.57 bits per heavy atom. The number of urea groups is 1. The van der Waals surface area contributed by atoms with Crippen LogP contribution in [-0.4, -0.2) is 36.5 Å². The number of rotatable bonds is 5.